The van der Waals surface area contributed by atoms with Gasteiger partial charge in [0.2, 0.25) is 5.88 Å². The molecular formula is C8H11BrN2O2. The topological polar surface area (TPSA) is 57.4 Å². The third kappa shape index (κ3) is 2.95. The molecule has 0 aliphatic carbocycles. The van der Waals surface area contributed by atoms with Gasteiger partial charge >= 0.3 is 0 Å². The molecule has 5 heteroatoms. The van der Waals surface area contributed by atoms with Gasteiger partial charge in [0.05, 0.1) is 13.7 Å². The molecule has 0 saturated heterocycles. The van der Waals surface area contributed by atoms with E-state index in [1.807, 2.05) is 6.07 Å². The molecule has 1 aromatic rings. The van der Waals surface area contributed by atoms with Gasteiger partial charge in [0.1, 0.15) is 0 Å². The van der Waals surface area contributed by atoms with E-state index < -0.39 is 0 Å². The third-order valence-electron chi connectivity index (χ3n) is 1.57. The van der Waals surface area contributed by atoms with Gasteiger partial charge in [0, 0.05) is 22.7 Å². The van der Waals surface area contributed by atoms with Crippen LogP contribution in [-0.4, -0.2) is 18.7 Å². The molecule has 13 heavy (non-hydrogen) atoms. The molecule has 0 unspecified atom stereocenters. The second-order valence-corrected chi connectivity index (χ2v) is 3.36. The molecule has 0 fully saturated rings. The molecule has 0 radical (unpaired) electrons. The lowest BCUT2D eigenvalue weighted by atomic mass is 10.2. The molecule has 0 aromatic carbocycles. The normalized spacial score (nSPS) is 10.1. The van der Waals surface area contributed by atoms with Gasteiger partial charge in [-0.25, -0.2) is 10.9 Å². The van der Waals surface area contributed by atoms with E-state index in [2.05, 4.69) is 25.8 Å². The first-order chi connectivity index (χ1) is 6.27. The number of hydrogen-bond donors (Lipinski definition) is 1. The van der Waals surface area contributed by atoms with Crippen LogP contribution in [0.1, 0.15) is 5.56 Å². The Morgan fingerprint density at radius 1 is 1.62 bits per heavy atom. The maximum atomic E-state index is 5.07. The molecule has 0 spiro atoms. The Morgan fingerprint density at radius 2 is 2.38 bits per heavy atom. The van der Waals surface area contributed by atoms with Crippen molar-refractivity contribution in [3.63, 3.8) is 0 Å². The number of aromatic nitrogens is 1. The van der Waals surface area contributed by atoms with Crippen molar-refractivity contribution in [3.8, 4) is 5.88 Å². The van der Waals surface area contributed by atoms with Gasteiger partial charge in [-0.05, 0) is 22.0 Å². The average Bonchev–Trinajstić information content (AvgIpc) is 2.15. The fourth-order valence-electron chi connectivity index (χ4n) is 1.00. The van der Waals surface area contributed by atoms with Gasteiger partial charge in [-0.2, -0.15) is 0 Å². The molecule has 72 valence electrons. The summed E-state index contributed by atoms with van der Waals surface area (Å²) in [5, 5.41) is 0. The number of ether oxygens (including phenoxy) is 1. The number of nitrogens with zero attached hydrogens (tertiary/aromatic N) is 1. The molecular weight excluding hydrogens is 236 g/mol. The van der Waals surface area contributed by atoms with Crippen molar-refractivity contribution in [1.29, 1.82) is 0 Å². The van der Waals surface area contributed by atoms with Gasteiger partial charge in [0.25, 0.3) is 0 Å². The van der Waals surface area contributed by atoms with Crippen molar-refractivity contribution < 1.29 is 9.57 Å². The Hall–Kier alpha value is -0.650. The maximum absolute atomic E-state index is 5.07. The summed E-state index contributed by atoms with van der Waals surface area (Å²) in [6.45, 7) is 0.453. The highest BCUT2D eigenvalue weighted by Crippen LogP contribution is 2.19. The molecule has 2 N–H and O–H groups in total. The van der Waals surface area contributed by atoms with Gasteiger partial charge in [0.15, 0.2) is 0 Å². The van der Waals surface area contributed by atoms with Gasteiger partial charge in [-0.3, -0.25) is 0 Å². The second-order valence-electron chi connectivity index (χ2n) is 2.44. The molecule has 0 atom stereocenters. The van der Waals surface area contributed by atoms with E-state index in [0.717, 1.165) is 10.0 Å². The van der Waals surface area contributed by atoms with Crippen LogP contribution in [0.5, 0.6) is 5.88 Å². The molecule has 0 saturated carbocycles. The van der Waals surface area contributed by atoms with Crippen LogP contribution in [0.4, 0.5) is 0 Å². The Kier molecular flexibility index (Phi) is 4.14. The van der Waals surface area contributed by atoms with Crippen LogP contribution >= 0.6 is 15.9 Å². The zero-order valence-electron chi connectivity index (χ0n) is 7.29. The van der Waals surface area contributed by atoms with E-state index in [-0.39, 0.29) is 0 Å². The minimum atomic E-state index is 0.453. The molecule has 1 rings (SSSR count). The van der Waals surface area contributed by atoms with Crippen LogP contribution in [-0.2, 0) is 11.3 Å². The number of nitrogens with two attached hydrogens (primary N) is 1. The monoisotopic (exact) mass is 246 g/mol. The highest BCUT2D eigenvalue weighted by Gasteiger charge is 2.04. The summed E-state index contributed by atoms with van der Waals surface area (Å²) in [7, 11) is 1.59. The van der Waals surface area contributed by atoms with Crippen molar-refractivity contribution >= 4 is 15.9 Å². The molecule has 1 heterocycles. The molecule has 1 aromatic heterocycles. The van der Waals surface area contributed by atoms with Crippen molar-refractivity contribution in [2.24, 2.45) is 5.90 Å². The molecule has 4 nitrogen and oxygen atoms in total. The number of rotatable bonds is 4. The smallest absolute Gasteiger partial charge is 0.216 e. The summed E-state index contributed by atoms with van der Waals surface area (Å²) < 4.78 is 5.99. The molecule has 0 aliphatic heterocycles. The largest absolute Gasteiger partial charge is 0.481 e. The lowest BCUT2D eigenvalue weighted by Gasteiger charge is -2.06. The zero-order valence-corrected chi connectivity index (χ0v) is 8.87. The van der Waals surface area contributed by atoms with Crippen LogP contribution < -0.4 is 10.6 Å². The lowest BCUT2D eigenvalue weighted by Crippen LogP contribution is -2.05. The number of pyridine rings is 1. The number of methoxy groups -OCH3 is 1. The Labute approximate surface area is 85.1 Å². The standard InChI is InChI=1S/C8H11BrN2O2/c1-12-8-6(2-3-13-10)4-7(9)5-11-8/h4-5H,2-3,10H2,1H3. The van der Waals surface area contributed by atoms with Gasteiger partial charge < -0.3 is 9.57 Å². The number of halogens is 1. The first-order valence-electron chi connectivity index (χ1n) is 3.78. The average molecular weight is 247 g/mol. The molecule has 0 aliphatic rings. The highest BCUT2D eigenvalue weighted by molar-refractivity contribution is 9.10. The van der Waals surface area contributed by atoms with Crippen LogP contribution in [0.2, 0.25) is 0 Å². The van der Waals surface area contributed by atoms with Crippen molar-refractivity contribution in [2.75, 3.05) is 13.7 Å². The summed E-state index contributed by atoms with van der Waals surface area (Å²) in [5.74, 6) is 5.54. The van der Waals surface area contributed by atoms with E-state index in [1.54, 1.807) is 13.3 Å². The summed E-state index contributed by atoms with van der Waals surface area (Å²) in [5.41, 5.74) is 0.974. The van der Waals surface area contributed by atoms with Crippen LogP contribution in [0.15, 0.2) is 16.7 Å². The van der Waals surface area contributed by atoms with E-state index in [9.17, 15) is 0 Å². The SMILES string of the molecule is COc1ncc(Br)cc1CCON. The molecule has 0 bridgehead atoms. The Bertz CT molecular complexity index is 281. The fraction of sp³-hybridized carbons (Fsp3) is 0.375. The summed E-state index contributed by atoms with van der Waals surface area (Å²) in [6.07, 6.45) is 2.37. The Morgan fingerprint density at radius 3 is 3.00 bits per heavy atom. The van der Waals surface area contributed by atoms with Crippen molar-refractivity contribution in [3.05, 3.63) is 22.3 Å². The summed E-state index contributed by atoms with van der Waals surface area (Å²) >= 11 is 3.33. The zero-order chi connectivity index (χ0) is 9.68. The van der Waals surface area contributed by atoms with E-state index in [1.165, 1.54) is 0 Å². The second kappa shape index (κ2) is 5.16. The van der Waals surface area contributed by atoms with E-state index in [0.29, 0.717) is 18.9 Å². The third-order valence-corrected chi connectivity index (χ3v) is 2.01. The van der Waals surface area contributed by atoms with Crippen molar-refractivity contribution in [1.82, 2.24) is 4.98 Å². The van der Waals surface area contributed by atoms with E-state index in [4.69, 9.17) is 10.6 Å². The first-order valence-corrected chi connectivity index (χ1v) is 4.57. The van der Waals surface area contributed by atoms with Crippen LogP contribution in [0, 0.1) is 0 Å². The van der Waals surface area contributed by atoms with Crippen LogP contribution in [0.3, 0.4) is 0 Å². The predicted octanol–water partition coefficient (Wildman–Crippen LogP) is 1.29. The number of hydrogen-bond acceptors (Lipinski definition) is 4. The van der Waals surface area contributed by atoms with Crippen LogP contribution in [0.25, 0.3) is 0 Å². The summed E-state index contributed by atoms with van der Waals surface area (Å²) in [6, 6.07) is 1.94. The van der Waals surface area contributed by atoms with Crippen molar-refractivity contribution in [2.45, 2.75) is 6.42 Å². The Balaban J connectivity index is 2.81. The summed E-state index contributed by atoms with van der Waals surface area (Å²) in [4.78, 5) is 8.57. The fourth-order valence-corrected chi connectivity index (χ4v) is 1.38. The minimum Gasteiger partial charge on any atom is -0.481 e. The maximum Gasteiger partial charge on any atom is 0.216 e. The lowest BCUT2D eigenvalue weighted by molar-refractivity contribution is 0.140. The first kappa shape index (κ1) is 10.4. The quantitative estimate of drug-likeness (QED) is 0.814. The van der Waals surface area contributed by atoms with E-state index >= 15 is 0 Å². The predicted molar refractivity (Wildman–Crippen MR) is 52.3 cm³/mol. The minimum absolute atomic E-state index is 0.453. The van der Waals surface area contributed by atoms with Gasteiger partial charge in [-0.1, -0.05) is 0 Å². The van der Waals surface area contributed by atoms with Gasteiger partial charge in [-0.15, -0.1) is 0 Å². The highest BCUT2D eigenvalue weighted by atomic mass is 79.9. The molecule has 0 amide bonds.